The summed E-state index contributed by atoms with van der Waals surface area (Å²) in [6.45, 7) is 7.75. The van der Waals surface area contributed by atoms with Crippen molar-refractivity contribution >= 4 is 16.7 Å². The topological polar surface area (TPSA) is 58.6 Å². The third-order valence-corrected chi connectivity index (χ3v) is 6.08. The van der Waals surface area contributed by atoms with Gasteiger partial charge in [0, 0.05) is 11.4 Å². The quantitative estimate of drug-likeness (QED) is 0.316. The maximum absolute atomic E-state index is 13.6. The van der Waals surface area contributed by atoms with E-state index >= 15 is 0 Å². The van der Waals surface area contributed by atoms with E-state index in [1.807, 2.05) is 48.5 Å². The van der Waals surface area contributed by atoms with Gasteiger partial charge >= 0.3 is 5.97 Å². The number of rotatable bonds is 4. The molecule has 2 N–H and O–H groups in total. The van der Waals surface area contributed by atoms with Crippen LogP contribution in [0.1, 0.15) is 53.4 Å². The summed E-state index contributed by atoms with van der Waals surface area (Å²) < 4.78 is 19.0. The Balaban J connectivity index is 0.000000157. The van der Waals surface area contributed by atoms with E-state index in [0.717, 1.165) is 41.8 Å². The van der Waals surface area contributed by atoms with Crippen LogP contribution in [0.4, 0.5) is 4.39 Å². The minimum absolute atomic E-state index is 0.150. The second kappa shape index (κ2) is 13.4. The van der Waals surface area contributed by atoms with E-state index in [0.29, 0.717) is 10.9 Å². The zero-order chi connectivity index (χ0) is 25.9. The zero-order valence-corrected chi connectivity index (χ0v) is 21.1. The minimum Gasteiger partial charge on any atom is -0.493 e. The lowest BCUT2D eigenvalue weighted by molar-refractivity contribution is 0.0696. The molecule has 1 aliphatic heterocycles. The highest BCUT2D eigenvalue weighted by Crippen LogP contribution is 2.26. The molecule has 0 spiro atoms. The molecule has 1 heterocycles. The molecule has 0 fully saturated rings. The van der Waals surface area contributed by atoms with Gasteiger partial charge in [-0.2, -0.15) is 0 Å². The molecule has 4 aromatic rings. The summed E-state index contributed by atoms with van der Waals surface area (Å²) in [7, 11) is 0. The van der Waals surface area contributed by atoms with Crippen LogP contribution in [0.15, 0.2) is 84.9 Å². The van der Waals surface area contributed by atoms with Crippen molar-refractivity contribution in [2.45, 2.75) is 39.7 Å². The number of ether oxygens (including phenoxy) is 1. The van der Waals surface area contributed by atoms with Crippen molar-refractivity contribution in [3.63, 3.8) is 0 Å². The number of benzene rings is 4. The number of fused-ring (bicyclic) bond motifs is 2. The van der Waals surface area contributed by atoms with E-state index in [1.165, 1.54) is 12.0 Å². The molecule has 1 atom stereocenters. The predicted molar refractivity (Wildman–Crippen MR) is 144 cm³/mol. The monoisotopic (exact) mass is 487 g/mol. The number of carboxylic acid groups (broad SMARTS) is 1. The van der Waals surface area contributed by atoms with Gasteiger partial charge in [0.1, 0.15) is 11.6 Å². The Morgan fingerprint density at radius 2 is 1.64 bits per heavy atom. The lowest BCUT2D eigenvalue weighted by Crippen LogP contribution is -2.18. The van der Waals surface area contributed by atoms with Gasteiger partial charge < -0.3 is 15.2 Å². The molecular formula is C31H34FNO3. The Kier molecular flexibility index (Phi) is 10.0. The molecule has 0 radical (unpaired) electrons. The lowest BCUT2D eigenvalue weighted by atomic mass is 9.99. The Hall–Kier alpha value is -3.70. The Bertz CT molecular complexity index is 1260. The van der Waals surface area contributed by atoms with Gasteiger partial charge in [0.25, 0.3) is 0 Å². The molecule has 5 rings (SSSR count). The summed E-state index contributed by atoms with van der Waals surface area (Å²) in [5.41, 5.74) is 3.69. The number of carbonyl (C=O) groups is 1. The average Bonchev–Trinajstić information content (AvgIpc) is 2.90. The first-order chi connectivity index (χ1) is 17.4. The predicted octanol–water partition coefficient (Wildman–Crippen LogP) is 7.35. The first-order valence-corrected chi connectivity index (χ1v) is 12.3. The highest BCUT2D eigenvalue weighted by atomic mass is 19.1. The molecule has 36 heavy (non-hydrogen) atoms. The lowest BCUT2D eigenvalue weighted by Gasteiger charge is -2.15. The van der Waals surface area contributed by atoms with Crippen molar-refractivity contribution in [2.24, 2.45) is 0 Å². The molecule has 5 heteroatoms. The SMILES string of the molecule is CCNC(C)c1ccc(F)c2ccccc12.Cc1ccccc1C(=O)O.c1ccc2c(c1)CCCO2. The molecule has 0 saturated carbocycles. The van der Waals surface area contributed by atoms with Crippen LogP contribution < -0.4 is 10.1 Å². The third kappa shape index (κ3) is 7.15. The second-order valence-electron chi connectivity index (χ2n) is 8.64. The Morgan fingerprint density at radius 1 is 0.972 bits per heavy atom. The fourth-order valence-electron chi connectivity index (χ4n) is 4.19. The normalized spacial score (nSPS) is 12.7. The number of aryl methyl sites for hydroxylation is 2. The van der Waals surface area contributed by atoms with Crippen LogP contribution >= 0.6 is 0 Å². The summed E-state index contributed by atoms with van der Waals surface area (Å²) >= 11 is 0. The van der Waals surface area contributed by atoms with Gasteiger partial charge in [-0.25, -0.2) is 9.18 Å². The first-order valence-electron chi connectivity index (χ1n) is 12.3. The van der Waals surface area contributed by atoms with Crippen molar-refractivity contribution in [1.29, 1.82) is 0 Å². The molecule has 1 unspecified atom stereocenters. The van der Waals surface area contributed by atoms with Gasteiger partial charge in [-0.1, -0.05) is 73.7 Å². The van der Waals surface area contributed by atoms with Crippen LogP contribution in [0.25, 0.3) is 10.8 Å². The number of hydrogen-bond donors (Lipinski definition) is 2. The minimum atomic E-state index is -0.863. The van der Waals surface area contributed by atoms with Crippen molar-refractivity contribution < 1.29 is 19.0 Å². The van der Waals surface area contributed by atoms with Crippen LogP contribution in [0.2, 0.25) is 0 Å². The van der Waals surface area contributed by atoms with Crippen molar-refractivity contribution in [3.8, 4) is 5.75 Å². The number of para-hydroxylation sites is 1. The average molecular weight is 488 g/mol. The zero-order valence-electron chi connectivity index (χ0n) is 21.1. The number of nitrogens with one attached hydrogen (secondary N) is 1. The highest BCUT2D eigenvalue weighted by Gasteiger charge is 2.10. The van der Waals surface area contributed by atoms with Crippen molar-refractivity contribution in [3.05, 3.63) is 113 Å². The van der Waals surface area contributed by atoms with Crippen molar-refractivity contribution in [2.75, 3.05) is 13.2 Å². The Morgan fingerprint density at radius 3 is 2.31 bits per heavy atom. The molecule has 0 aromatic heterocycles. The Labute approximate surface area is 212 Å². The van der Waals surface area contributed by atoms with Gasteiger partial charge in [-0.05, 0) is 73.5 Å². The summed E-state index contributed by atoms with van der Waals surface area (Å²) in [6, 6.07) is 26.4. The number of hydrogen-bond acceptors (Lipinski definition) is 3. The number of aromatic carboxylic acids is 1. The fourth-order valence-corrected chi connectivity index (χ4v) is 4.19. The maximum Gasteiger partial charge on any atom is 0.335 e. The van der Waals surface area contributed by atoms with E-state index in [2.05, 4.69) is 31.3 Å². The van der Waals surface area contributed by atoms with Crippen molar-refractivity contribution in [1.82, 2.24) is 5.32 Å². The molecule has 0 aliphatic carbocycles. The standard InChI is InChI=1S/C14H16FN.C9H10O.C8H8O2/c1-3-16-10(2)11-8-9-14(15)13-7-5-4-6-12(11)13;1-2-6-9-8(4-1)5-3-7-10-9;1-6-4-2-3-5-7(6)8(9)10/h4-10,16H,3H2,1-2H3;1-2,4,6H,3,5,7H2;2-5H,1H3,(H,9,10). The van der Waals surface area contributed by atoms with Gasteiger partial charge in [-0.15, -0.1) is 0 Å². The molecule has 0 bridgehead atoms. The van der Waals surface area contributed by atoms with E-state index in [9.17, 15) is 9.18 Å². The largest absolute Gasteiger partial charge is 0.493 e. The smallest absolute Gasteiger partial charge is 0.335 e. The number of carboxylic acids is 1. The maximum atomic E-state index is 13.6. The first kappa shape index (κ1) is 26.9. The molecular weight excluding hydrogens is 453 g/mol. The molecule has 4 aromatic carbocycles. The highest BCUT2D eigenvalue weighted by molar-refractivity contribution is 5.89. The molecule has 1 aliphatic rings. The van der Waals surface area contributed by atoms with E-state index in [-0.39, 0.29) is 11.9 Å². The number of halogens is 1. The summed E-state index contributed by atoms with van der Waals surface area (Å²) in [5, 5.41) is 13.6. The van der Waals surface area contributed by atoms with Crippen LogP contribution in [-0.4, -0.2) is 24.2 Å². The summed E-state index contributed by atoms with van der Waals surface area (Å²) in [4.78, 5) is 10.4. The van der Waals surface area contributed by atoms with Crippen LogP contribution in [0, 0.1) is 12.7 Å². The van der Waals surface area contributed by atoms with Gasteiger partial charge in [0.2, 0.25) is 0 Å². The molecule has 188 valence electrons. The van der Waals surface area contributed by atoms with Crippen LogP contribution in [0.5, 0.6) is 5.75 Å². The van der Waals surface area contributed by atoms with E-state index in [4.69, 9.17) is 9.84 Å². The van der Waals surface area contributed by atoms with Crippen LogP contribution in [-0.2, 0) is 6.42 Å². The molecule has 4 nitrogen and oxygen atoms in total. The summed E-state index contributed by atoms with van der Waals surface area (Å²) in [5.74, 6) is 0.0647. The molecule has 0 amide bonds. The fraction of sp³-hybridized carbons (Fsp3) is 0.258. The summed E-state index contributed by atoms with van der Waals surface area (Å²) in [6.07, 6.45) is 2.34. The van der Waals surface area contributed by atoms with Crippen LogP contribution in [0.3, 0.4) is 0 Å². The van der Waals surface area contributed by atoms with Gasteiger partial charge in [0.05, 0.1) is 12.2 Å². The third-order valence-electron chi connectivity index (χ3n) is 6.08. The van der Waals surface area contributed by atoms with Gasteiger partial charge in [0.15, 0.2) is 0 Å². The molecule has 0 saturated heterocycles. The van der Waals surface area contributed by atoms with Gasteiger partial charge in [-0.3, -0.25) is 0 Å². The van der Waals surface area contributed by atoms with E-state index in [1.54, 1.807) is 31.2 Å². The second-order valence-corrected chi connectivity index (χ2v) is 8.64. The van der Waals surface area contributed by atoms with E-state index < -0.39 is 5.97 Å².